The van der Waals surface area contributed by atoms with Crippen molar-refractivity contribution in [3.8, 4) is 11.3 Å². The lowest BCUT2D eigenvalue weighted by Gasteiger charge is -2.08. The summed E-state index contributed by atoms with van der Waals surface area (Å²) < 4.78 is 4.78. The summed E-state index contributed by atoms with van der Waals surface area (Å²) in [5.41, 5.74) is 2.72. The number of carbonyl (C=O) groups is 2. The molecule has 5 rings (SSSR count). The van der Waals surface area contributed by atoms with E-state index in [4.69, 9.17) is 0 Å². The molecule has 2 amide bonds. The number of hydrogen-bond acceptors (Lipinski definition) is 6. The standard InChI is InChI=1S/C23H21N9O2/c1-30-10-8-16(29-30)12-24-21(33)17-13-25-31(2)20(17)22(34)27-19-9-11-32-14-18(26-23(32)28-19)15-6-4-3-5-7-15/h3-11,13-14H,12H2,1-2H3,(H,24,33)(H,26,27,28,34). The van der Waals surface area contributed by atoms with Gasteiger partial charge in [-0.05, 0) is 12.1 Å². The predicted octanol–water partition coefficient (Wildman–Crippen LogP) is 2.05. The van der Waals surface area contributed by atoms with Crippen molar-refractivity contribution in [3.63, 3.8) is 0 Å². The van der Waals surface area contributed by atoms with Gasteiger partial charge in [0.2, 0.25) is 5.78 Å². The highest BCUT2D eigenvalue weighted by Gasteiger charge is 2.23. The fourth-order valence-corrected chi connectivity index (χ4v) is 3.56. The number of hydrogen-bond donors (Lipinski definition) is 2. The second-order valence-electron chi connectivity index (χ2n) is 7.66. The number of carbonyl (C=O) groups excluding carboxylic acids is 2. The minimum Gasteiger partial charge on any atom is -0.346 e. The predicted molar refractivity (Wildman–Crippen MR) is 124 cm³/mol. The third-order valence-electron chi connectivity index (χ3n) is 5.23. The van der Waals surface area contributed by atoms with E-state index in [2.05, 4.69) is 30.8 Å². The van der Waals surface area contributed by atoms with Gasteiger partial charge in [0.1, 0.15) is 11.5 Å². The molecule has 170 valence electrons. The van der Waals surface area contributed by atoms with Crippen LogP contribution < -0.4 is 10.6 Å². The van der Waals surface area contributed by atoms with Crippen LogP contribution >= 0.6 is 0 Å². The van der Waals surface area contributed by atoms with Crippen molar-refractivity contribution in [3.05, 3.63) is 84.2 Å². The quantitative estimate of drug-likeness (QED) is 0.404. The zero-order valence-corrected chi connectivity index (χ0v) is 18.5. The topological polar surface area (TPSA) is 124 Å². The van der Waals surface area contributed by atoms with Crippen molar-refractivity contribution in [2.24, 2.45) is 14.1 Å². The third-order valence-corrected chi connectivity index (χ3v) is 5.23. The number of imidazole rings is 1. The summed E-state index contributed by atoms with van der Waals surface area (Å²) in [5.74, 6) is -0.179. The van der Waals surface area contributed by atoms with Gasteiger partial charge in [0.05, 0.1) is 29.7 Å². The van der Waals surface area contributed by atoms with Crippen LogP contribution in [0.5, 0.6) is 0 Å². The first kappa shape index (κ1) is 21.1. The molecular formula is C23H21N9O2. The maximum absolute atomic E-state index is 13.0. The molecule has 11 nitrogen and oxygen atoms in total. The van der Waals surface area contributed by atoms with Crippen molar-refractivity contribution < 1.29 is 9.59 Å². The first-order chi connectivity index (χ1) is 16.5. The van der Waals surface area contributed by atoms with Gasteiger partial charge in [0.25, 0.3) is 11.8 Å². The summed E-state index contributed by atoms with van der Waals surface area (Å²) in [5, 5.41) is 13.8. The molecule has 0 saturated carbocycles. The van der Waals surface area contributed by atoms with Crippen molar-refractivity contribution in [1.29, 1.82) is 0 Å². The molecule has 0 aliphatic heterocycles. The molecule has 1 aromatic carbocycles. The first-order valence-corrected chi connectivity index (χ1v) is 10.5. The van der Waals surface area contributed by atoms with E-state index in [0.29, 0.717) is 17.3 Å². The van der Waals surface area contributed by atoms with Crippen LogP contribution in [0.1, 0.15) is 26.5 Å². The second-order valence-corrected chi connectivity index (χ2v) is 7.66. The molecule has 2 N–H and O–H groups in total. The average molecular weight is 455 g/mol. The summed E-state index contributed by atoms with van der Waals surface area (Å²) >= 11 is 0. The maximum Gasteiger partial charge on any atom is 0.275 e. The highest BCUT2D eigenvalue weighted by atomic mass is 16.2. The Morgan fingerprint density at radius 1 is 0.971 bits per heavy atom. The van der Waals surface area contributed by atoms with Crippen molar-refractivity contribution >= 4 is 23.4 Å². The van der Waals surface area contributed by atoms with Crippen LogP contribution in [0.2, 0.25) is 0 Å². The number of anilines is 1. The van der Waals surface area contributed by atoms with Gasteiger partial charge in [0, 0.05) is 38.2 Å². The van der Waals surface area contributed by atoms with E-state index in [1.54, 1.807) is 47.7 Å². The Hall–Kier alpha value is -4.80. The van der Waals surface area contributed by atoms with Crippen molar-refractivity contribution in [1.82, 2.24) is 39.2 Å². The maximum atomic E-state index is 13.0. The van der Waals surface area contributed by atoms with Gasteiger partial charge >= 0.3 is 0 Å². The van der Waals surface area contributed by atoms with E-state index >= 15 is 0 Å². The normalized spacial score (nSPS) is 11.0. The van der Waals surface area contributed by atoms with Gasteiger partial charge in [0.15, 0.2) is 0 Å². The largest absolute Gasteiger partial charge is 0.346 e. The Morgan fingerprint density at radius 3 is 2.56 bits per heavy atom. The average Bonchev–Trinajstić information content (AvgIpc) is 3.55. The van der Waals surface area contributed by atoms with Crippen molar-refractivity contribution in [2.75, 3.05) is 5.32 Å². The van der Waals surface area contributed by atoms with E-state index in [1.165, 1.54) is 10.9 Å². The van der Waals surface area contributed by atoms with E-state index in [-0.39, 0.29) is 17.8 Å². The number of aryl methyl sites for hydroxylation is 2. The van der Waals surface area contributed by atoms with Crippen LogP contribution in [0, 0.1) is 0 Å². The minimum absolute atomic E-state index is 0.119. The zero-order chi connectivity index (χ0) is 23.7. The van der Waals surface area contributed by atoms with Gasteiger partial charge in [-0.1, -0.05) is 30.3 Å². The number of amides is 2. The van der Waals surface area contributed by atoms with Crippen LogP contribution in [0.15, 0.2) is 67.3 Å². The Balaban J connectivity index is 1.34. The Bertz CT molecular complexity index is 1500. The summed E-state index contributed by atoms with van der Waals surface area (Å²) in [7, 11) is 3.40. The van der Waals surface area contributed by atoms with Crippen LogP contribution in [0.4, 0.5) is 5.82 Å². The second kappa shape index (κ2) is 8.62. The van der Waals surface area contributed by atoms with Gasteiger partial charge in [-0.2, -0.15) is 15.2 Å². The number of nitrogens with one attached hydrogen (secondary N) is 2. The van der Waals surface area contributed by atoms with Gasteiger partial charge in [-0.3, -0.25) is 23.4 Å². The van der Waals surface area contributed by atoms with Gasteiger partial charge in [-0.15, -0.1) is 0 Å². The molecule has 0 aliphatic rings. The van der Waals surface area contributed by atoms with E-state index in [0.717, 1.165) is 11.3 Å². The van der Waals surface area contributed by atoms with E-state index in [1.807, 2.05) is 36.5 Å². The van der Waals surface area contributed by atoms with Gasteiger partial charge < -0.3 is 10.6 Å². The number of aromatic nitrogens is 7. The molecule has 0 aliphatic carbocycles. The Morgan fingerprint density at radius 2 is 1.79 bits per heavy atom. The molecule has 0 bridgehead atoms. The molecule has 5 aromatic rings. The Kier molecular flexibility index (Phi) is 5.34. The SMILES string of the molecule is Cn1ccc(CNC(=O)c2cnn(C)c2C(=O)Nc2ccn3cc(-c4ccccc4)nc3n2)n1. The lowest BCUT2D eigenvalue weighted by molar-refractivity contribution is 0.0935. The molecular weight excluding hydrogens is 434 g/mol. The number of benzene rings is 1. The highest BCUT2D eigenvalue weighted by molar-refractivity contribution is 6.10. The third kappa shape index (κ3) is 4.13. The van der Waals surface area contributed by atoms with Crippen LogP contribution in [0.25, 0.3) is 17.0 Å². The van der Waals surface area contributed by atoms with Crippen LogP contribution in [-0.4, -0.2) is 45.7 Å². The smallest absolute Gasteiger partial charge is 0.275 e. The molecule has 0 spiro atoms. The first-order valence-electron chi connectivity index (χ1n) is 10.5. The van der Waals surface area contributed by atoms with Gasteiger partial charge in [-0.25, -0.2) is 4.98 Å². The number of nitrogens with zero attached hydrogens (tertiary/aromatic N) is 7. The Labute approximate surface area is 194 Å². The number of fused-ring (bicyclic) bond motifs is 1. The van der Waals surface area contributed by atoms with E-state index < -0.39 is 11.8 Å². The molecule has 0 atom stereocenters. The molecule has 0 saturated heterocycles. The monoisotopic (exact) mass is 455 g/mol. The molecule has 4 aromatic heterocycles. The minimum atomic E-state index is -0.505. The lowest BCUT2D eigenvalue weighted by Crippen LogP contribution is -2.27. The molecule has 0 radical (unpaired) electrons. The lowest BCUT2D eigenvalue weighted by atomic mass is 10.2. The fraction of sp³-hybridized carbons (Fsp3) is 0.130. The van der Waals surface area contributed by atoms with Crippen molar-refractivity contribution in [2.45, 2.75) is 6.54 Å². The highest BCUT2D eigenvalue weighted by Crippen LogP contribution is 2.19. The summed E-state index contributed by atoms with van der Waals surface area (Å²) in [6.07, 6.45) is 6.78. The molecule has 34 heavy (non-hydrogen) atoms. The fourth-order valence-electron chi connectivity index (χ4n) is 3.56. The molecule has 4 heterocycles. The van der Waals surface area contributed by atoms with Crippen LogP contribution in [0.3, 0.4) is 0 Å². The number of rotatable bonds is 6. The molecule has 0 unspecified atom stereocenters. The zero-order valence-electron chi connectivity index (χ0n) is 18.5. The van der Waals surface area contributed by atoms with Crippen LogP contribution in [-0.2, 0) is 20.6 Å². The summed E-state index contributed by atoms with van der Waals surface area (Å²) in [4.78, 5) is 34.7. The summed E-state index contributed by atoms with van der Waals surface area (Å²) in [6, 6.07) is 13.2. The summed E-state index contributed by atoms with van der Waals surface area (Å²) in [6.45, 7) is 0.234. The van der Waals surface area contributed by atoms with E-state index in [9.17, 15) is 9.59 Å². The molecule has 11 heteroatoms. The molecule has 0 fully saturated rings.